The number of hydrogen-bond acceptors (Lipinski definition) is 8. The molecule has 2 aliphatic rings. The van der Waals surface area contributed by atoms with Crippen LogP contribution in [0.15, 0.2) is 54.6 Å². The Morgan fingerprint density at radius 1 is 1.03 bits per heavy atom. The Morgan fingerprint density at radius 3 is 2.57 bits per heavy atom. The first-order valence-electron chi connectivity index (χ1n) is 12.6. The summed E-state index contributed by atoms with van der Waals surface area (Å²) in [4.78, 5) is 26.5. The van der Waals surface area contributed by atoms with Crippen molar-refractivity contribution in [2.45, 2.75) is 18.9 Å². The molecular formula is C27H29N7O3. The zero-order valence-electron chi connectivity index (χ0n) is 20.7. The van der Waals surface area contributed by atoms with Gasteiger partial charge in [-0.3, -0.25) is 9.48 Å². The second kappa shape index (κ2) is 9.70. The summed E-state index contributed by atoms with van der Waals surface area (Å²) in [6.07, 6.45) is 1.45. The summed E-state index contributed by atoms with van der Waals surface area (Å²) in [7, 11) is 1.80. The van der Waals surface area contributed by atoms with Crippen molar-refractivity contribution in [1.82, 2.24) is 24.6 Å². The van der Waals surface area contributed by atoms with Crippen LogP contribution in [0.2, 0.25) is 0 Å². The summed E-state index contributed by atoms with van der Waals surface area (Å²) in [6, 6.07) is 17.4. The maximum Gasteiger partial charge on any atom is 0.251 e. The minimum absolute atomic E-state index is 0.0851. The number of piperazine rings is 1. The number of nitrogens with zero attached hydrogens (tertiary/aromatic N) is 6. The molecule has 10 nitrogen and oxygen atoms in total. The fourth-order valence-electron chi connectivity index (χ4n) is 4.89. The second-order valence-electron chi connectivity index (χ2n) is 9.34. The highest BCUT2D eigenvalue weighted by atomic mass is 16.5. The Kier molecular flexibility index (Phi) is 6.09. The van der Waals surface area contributed by atoms with Crippen LogP contribution in [0, 0.1) is 0 Å². The van der Waals surface area contributed by atoms with E-state index in [1.54, 1.807) is 11.7 Å². The Morgan fingerprint density at radius 2 is 1.81 bits per heavy atom. The summed E-state index contributed by atoms with van der Waals surface area (Å²) in [6.45, 7) is 3.12. The number of anilines is 2. The van der Waals surface area contributed by atoms with Crippen molar-refractivity contribution in [2.24, 2.45) is 7.05 Å². The molecule has 2 aliphatic heterocycles. The highest BCUT2D eigenvalue weighted by Crippen LogP contribution is 2.34. The Hall–Kier alpha value is -4.18. The standard InChI is InChI=1S/C27H29N7O3/c1-32-24(28)22-23(18-7-5-10-20(17-18)37-19-8-3-2-4-9-19)29-27(30-25(22)31-32)34-14-12-33(13-15-34)26(35)21-11-6-16-36-21/h2-5,7-10,17,21H,6,11-16,28H2,1H3/t21-/m1/s1. The quantitative estimate of drug-likeness (QED) is 0.446. The molecule has 190 valence electrons. The van der Waals surface area contributed by atoms with Gasteiger partial charge in [-0.15, -0.1) is 0 Å². The number of nitrogen functional groups attached to an aromatic ring is 1. The summed E-state index contributed by atoms with van der Waals surface area (Å²) in [5.41, 5.74) is 8.48. The highest BCUT2D eigenvalue weighted by Gasteiger charge is 2.31. The largest absolute Gasteiger partial charge is 0.457 e. The van der Waals surface area contributed by atoms with E-state index in [1.165, 1.54) is 0 Å². The van der Waals surface area contributed by atoms with Gasteiger partial charge in [-0.2, -0.15) is 10.1 Å². The minimum Gasteiger partial charge on any atom is -0.457 e. The summed E-state index contributed by atoms with van der Waals surface area (Å²) < 4.78 is 13.3. The molecular weight excluding hydrogens is 470 g/mol. The fourth-order valence-corrected chi connectivity index (χ4v) is 4.89. The number of carbonyl (C=O) groups excluding carboxylic acids is 1. The molecule has 2 aromatic carbocycles. The molecule has 2 fully saturated rings. The molecule has 0 saturated carbocycles. The van der Waals surface area contributed by atoms with Gasteiger partial charge in [0.2, 0.25) is 5.95 Å². The SMILES string of the molecule is Cn1nc2nc(N3CCN(C(=O)[C@H]4CCCO4)CC3)nc(-c3cccc(Oc4ccccc4)c3)c2c1N. The number of ether oxygens (including phenoxy) is 2. The smallest absolute Gasteiger partial charge is 0.251 e. The summed E-state index contributed by atoms with van der Waals surface area (Å²) in [5, 5.41) is 5.25. The number of rotatable bonds is 5. The molecule has 2 N–H and O–H groups in total. The number of aromatic nitrogens is 4. The van der Waals surface area contributed by atoms with Crippen LogP contribution < -0.4 is 15.4 Å². The first kappa shape index (κ1) is 23.2. The van der Waals surface area contributed by atoms with Crippen LogP contribution in [0.25, 0.3) is 22.3 Å². The zero-order valence-corrected chi connectivity index (χ0v) is 20.7. The van der Waals surface area contributed by atoms with Crippen LogP contribution in [-0.4, -0.2) is 69.4 Å². The lowest BCUT2D eigenvalue weighted by Crippen LogP contribution is -2.51. The maximum absolute atomic E-state index is 12.8. The van der Waals surface area contributed by atoms with Crippen molar-refractivity contribution in [3.8, 4) is 22.8 Å². The van der Waals surface area contributed by atoms with Gasteiger partial charge in [-0.1, -0.05) is 30.3 Å². The molecule has 4 heterocycles. The van der Waals surface area contributed by atoms with Crippen LogP contribution in [0.5, 0.6) is 11.5 Å². The zero-order chi connectivity index (χ0) is 25.4. The average Bonchev–Trinajstić information content (AvgIpc) is 3.57. The molecule has 0 unspecified atom stereocenters. The first-order valence-corrected chi connectivity index (χ1v) is 12.6. The molecule has 6 rings (SSSR count). The molecule has 10 heteroatoms. The van der Waals surface area contributed by atoms with Crippen molar-refractivity contribution < 1.29 is 14.3 Å². The van der Waals surface area contributed by atoms with Gasteiger partial charge in [0.1, 0.15) is 23.4 Å². The summed E-state index contributed by atoms with van der Waals surface area (Å²) in [5.74, 6) is 2.60. The van der Waals surface area contributed by atoms with Gasteiger partial charge in [0, 0.05) is 45.4 Å². The van der Waals surface area contributed by atoms with E-state index in [9.17, 15) is 4.79 Å². The molecule has 4 aromatic rings. The van der Waals surface area contributed by atoms with Crippen molar-refractivity contribution in [3.05, 3.63) is 54.6 Å². The van der Waals surface area contributed by atoms with E-state index in [0.717, 1.165) is 24.2 Å². The van der Waals surface area contributed by atoms with Gasteiger partial charge >= 0.3 is 0 Å². The van der Waals surface area contributed by atoms with Gasteiger partial charge in [-0.05, 0) is 37.1 Å². The van der Waals surface area contributed by atoms with Crippen LogP contribution in [-0.2, 0) is 16.6 Å². The van der Waals surface area contributed by atoms with Crippen molar-refractivity contribution in [1.29, 1.82) is 0 Å². The Bertz CT molecular complexity index is 1420. The number of benzene rings is 2. The third-order valence-corrected chi connectivity index (χ3v) is 6.89. The molecule has 1 atom stereocenters. The molecule has 1 amide bonds. The predicted molar refractivity (Wildman–Crippen MR) is 140 cm³/mol. The number of nitrogens with two attached hydrogens (primary N) is 1. The number of para-hydroxylation sites is 1. The van der Waals surface area contributed by atoms with Crippen molar-refractivity contribution in [2.75, 3.05) is 43.4 Å². The number of fused-ring (bicyclic) bond motifs is 1. The minimum atomic E-state index is -0.298. The van der Waals surface area contributed by atoms with Crippen molar-refractivity contribution in [3.63, 3.8) is 0 Å². The second-order valence-corrected chi connectivity index (χ2v) is 9.34. The van der Waals surface area contributed by atoms with E-state index in [-0.39, 0.29) is 12.0 Å². The highest BCUT2D eigenvalue weighted by molar-refractivity contribution is 5.99. The molecule has 0 radical (unpaired) electrons. The average molecular weight is 500 g/mol. The Balaban J connectivity index is 1.30. The van der Waals surface area contributed by atoms with E-state index in [4.69, 9.17) is 25.2 Å². The number of amides is 1. The summed E-state index contributed by atoms with van der Waals surface area (Å²) >= 11 is 0. The third kappa shape index (κ3) is 4.55. The number of aryl methyl sites for hydroxylation is 1. The van der Waals surface area contributed by atoms with E-state index in [2.05, 4.69) is 10.00 Å². The van der Waals surface area contributed by atoms with Crippen LogP contribution in [0.1, 0.15) is 12.8 Å². The first-order chi connectivity index (χ1) is 18.1. The van der Waals surface area contributed by atoms with Gasteiger partial charge in [0.05, 0.1) is 11.1 Å². The monoisotopic (exact) mass is 499 g/mol. The third-order valence-electron chi connectivity index (χ3n) is 6.89. The van der Waals surface area contributed by atoms with Gasteiger partial charge in [-0.25, -0.2) is 4.98 Å². The molecule has 37 heavy (non-hydrogen) atoms. The lowest BCUT2D eigenvalue weighted by atomic mass is 10.1. The lowest BCUT2D eigenvalue weighted by Gasteiger charge is -2.35. The van der Waals surface area contributed by atoms with E-state index < -0.39 is 0 Å². The maximum atomic E-state index is 12.8. The van der Waals surface area contributed by atoms with E-state index in [1.807, 2.05) is 59.5 Å². The van der Waals surface area contributed by atoms with Crippen LogP contribution in [0.3, 0.4) is 0 Å². The fraction of sp³-hybridized carbons (Fsp3) is 0.333. The molecule has 2 saturated heterocycles. The number of hydrogen-bond donors (Lipinski definition) is 1. The lowest BCUT2D eigenvalue weighted by molar-refractivity contribution is -0.141. The van der Waals surface area contributed by atoms with E-state index >= 15 is 0 Å². The van der Waals surface area contributed by atoms with Crippen LogP contribution >= 0.6 is 0 Å². The van der Waals surface area contributed by atoms with Crippen LogP contribution in [0.4, 0.5) is 11.8 Å². The number of carbonyl (C=O) groups is 1. The Labute approximate surface area is 214 Å². The van der Waals surface area contributed by atoms with Gasteiger partial charge < -0.3 is 25.0 Å². The predicted octanol–water partition coefficient (Wildman–Crippen LogP) is 3.23. The molecule has 2 aromatic heterocycles. The van der Waals surface area contributed by atoms with Gasteiger partial charge in [0.15, 0.2) is 5.65 Å². The molecule has 0 spiro atoms. The van der Waals surface area contributed by atoms with Gasteiger partial charge in [0.25, 0.3) is 5.91 Å². The molecule has 0 bridgehead atoms. The van der Waals surface area contributed by atoms with Crippen molar-refractivity contribution >= 4 is 28.7 Å². The normalized spacial score (nSPS) is 17.9. The van der Waals surface area contributed by atoms with E-state index in [0.29, 0.717) is 67.0 Å². The topological polar surface area (TPSA) is 112 Å². The molecule has 0 aliphatic carbocycles.